The average Bonchev–Trinajstić information content (AvgIpc) is 2.33. The Bertz CT molecular complexity index is 293. The van der Waals surface area contributed by atoms with Crippen molar-refractivity contribution < 1.29 is 19.8 Å². The van der Waals surface area contributed by atoms with E-state index in [1.54, 1.807) is 6.92 Å². The van der Waals surface area contributed by atoms with Gasteiger partial charge in [0.2, 0.25) is 0 Å². The van der Waals surface area contributed by atoms with Crippen LogP contribution < -0.4 is 0 Å². The van der Waals surface area contributed by atoms with Gasteiger partial charge < -0.3 is 10.2 Å². The standard InChI is InChI=1S/C14H26O4S/c1-4-5-6-7-8-9-10-14(3,13(17)18)19-11(2)12(15)16/h11H,4-10H2,1-3H3,(H,15,16)(H,17,18). The minimum absolute atomic E-state index is 0.525. The van der Waals surface area contributed by atoms with Gasteiger partial charge in [0.15, 0.2) is 0 Å². The summed E-state index contributed by atoms with van der Waals surface area (Å²) in [5.74, 6) is -1.88. The number of rotatable bonds is 11. The maximum Gasteiger partial charge on any atom is 0.319 e. The number of thioether (sulfide) groups is 1. The van der Waals surface area contributed by atoms with Crippen LogP contribution >= 0.6 is 11.8 Å². The van der Waals surface area contributed by atoms with Gasteiger partial charge in [0.1, 0.15) is 10.00 Å². The quantitative estimate of drug-likeness (QED) is 0.566. The van der Waals surface area contributed by atoms with Crippen molar-refractivity contribution in [2.75, 3.05) is 0 Å². The number of unbranched alkanes of at least 4 members (excludes halogenated alkanes) is 5. The van der Waals surface area contributed by atoms with E-state index in [4.69, 9.17) is 5.11 Å². The molecule has 0 radical (unpaired) electrons. The molecular formula is C14H26O4S. The Morgan fingerprint density at radius 1 is 1.11 bits per heavy atom. The van der Waals surface area contributed by atoms with Crippen molar-refractivity contribution in [2.45, 2.75) is 75.7 Å². The summed E-state index contributed by atoms with van der Waals surface area (Å²) in [6.45, 7) is 5.33. The van der Waals surface area contributed by atoms with Crippen molar-refractivity contribution in [2.24, 2.45) is 0 Å². The van der Waals surface area contributed by atoms with E-state index in [0.717, 1.165) is 31.0 Å². The van der Waals surface area contributed by atoms with Crippen molar-refractivity contribution in [3.8, 4) is 0 Å². The maximum absolute atomic E-state index is 11.3. The summed E-state index contributed by atoms with van der Waals surface area (Å²) in [5, 5.41) is 17.5. The Morgan fingerprint density at radius 3 is 2.11 bits per heavy atom. The van der Waals surface area contributed by atoms with E-state index in [1.165, 1.54) is 26.2 Å². The first-order valence-corrected chi connectivity index (χ1v) is 7.85. The van der Waals surface area contributed by atoms with Gasteiger partial charge in [0.05, 0.1) is 0 Å². The number of hydrogen-bond acceptors (Lipinski definition) is 3. The first-order chi connectivity index (χ1) is 8.83. The van der Waals surface area contributed by atoms with Gasteiger partial charge in [0.25, 0.3) is 0 Å². The van der Waals surface area contributed by atoms with Gasteiger partial charge in [-0.05, 0) is 20.3 Å². The lowest BCUT2D eigenvalue weighted by atomic mass is 10.0. The number of carbonyl (C=O) groups is 2. The Labute approximate surface area is 120 Å². The molecule has 0 saturated carbocycles. The van der Waals surface area contributed by atoms with Crippen LogP contribution in [0.1, 0.15) is 65.7 Å². The van der Waals surface area contributed by atoms with Crippen LogP contribution in [0.25, 0.3) is 0 Å². The third kappa shape index (κ3) is 7.45. The van der Waals surface area contributed by atoms with E-state index in [1.807, 2.05) is 0 Å². The molecule has 2 atom stereocenters. The smallest absolute Gasteiger partial charge is 0.319 e. The Hall–Kier alpha value is -0.710. The monoisotopic (exact) mass is 290 g/mol. The van der Waals surface area contributed by atoms with Crippen molar-refractivity contribution in [1.82, 2.24) is 0 Å². The highest BCUT2D eigenvalue weighted by Gasteiger charge is 2.36. The van der Waals surface area contributed by atoms with Crippen LogP contribution in [0.2, 0.25) is 0 Å². The number of carboxylic acid groups (broad SMARTS) is 2. The SMILES string of the molecule is CCCCCCCCC(C)(SC(C)C(=O)O)C(=O)O. The van der Waals surface area contributed by atoms with Gasteiger partial charge in [-0.2, -0.15) is 0 Å². The van der Waals surface area contributed by atoms with Crippen molar-refractivity contribution >= 4 is 23.7 Å². The average molecular weight is 290 g/mol. The summed E-state index contributed by atoms with van der Waals surface area (Å²) in [7, 11) is 0. The molecule has 0 aromatic heterocycles. The zero-order chi connectivity index (χ0) is 14.9. The molecule has 0 saturated heterocycles. The second kappa shape index (κ2) is 9.23. The van der Waals surface area contributed by atoms with Gasteiger partial charge in [-0.25, -0.2) is 0 Å². The molecule has 0 rings (SSSR count). The minimum atomic E-state index is -0.997. The lowest BCUT2D eigenvalue weighted by Gasteiger charge is -2.26. The second-order valence-corrected chi connectivity index (χ2v) is 7.00. The van der Waals surface area contributed by atoms with Gasteiger partial charge in [0, 0.05) is 0 Å². The van der Waals surface area contributed by atoms with Crippen LogP contribution in [0, 0.1) is 0 Å². The summed E-state index contributed by atoms with van der Waals surface area (Å²) in [6, 6.07) is 0. The van der Waals surface area contributed by atoms with E-state index in [9.17, 15) is 14.7 Å². The highest BCUT2D eigenvalue weighted by Crippen LogP contribution is 2.34. The molecule has 0 fully saturated rings. The van der Waals surface area contributed by atoms with E-state index in [-0.39, 0.29) is 0 Å². The first-order valence-electron chi connectivity index (χ1n) is 6.97. The number of carboxylic acids is 2. The molecule has 5 heteroatoms. The zero-order valence-corrected chi connectivity index (χ0v) is 13.0. The van der Waals surface area contributed by atoms with E-state index in [0.29, 0.717) is 6.42 Å². The summed E-state index contributed by atoms with van der Waals surface area (Å²) in [6.07, 6.45) is 7.12. The molecule has 0 amide bonds. The van der Waals surface area contributed by atoms with E-state index >= 15 is 0 Å². The topological polar surface area (TPSA) is 74.6 Å². The lowest BCUT2D eigenvalue weighted by molar-refractivity contribution is -0.139. The van der Waals surface area contributed by atoms with Crippen LogP contribution in [0.3, 0.4) is 0 Å². The van der Waals surface area contributed by atoms with E-state index in [2.05, 4.69) is 6.92 Å². The highest BCUT2D eigenvalue weighted by atomic mass is 32.2. The van der Waals surface area contributed by atoms with Crippen LogP contribution in [0.15, 0.2) is 0 Å². The first kappa shape index (κ1) is 18.3. The molecule has 0 aliphatic heterocycles. The van der Waals surface area contributed by atoms with Gasteiger partial charge in [-0.15, -0.1) is 11.8 Å². The molecule has 2 N–H and O–H groups in total. The summed E-state index contributed by atoms with van der Waals surface area (Å²) >= 11 is 1.03. The summed E-state index contributed by atoms with van der Waals surface area (Å²) in [4.78, 5) is 22.2. The van der Waals surface area contributed by atoms with Crippen molar-refractivity contribution in [3.05, 3.63) is 0 Å². The Morgan fingerprint density at radius 2 is 1.63 bits per heavy atom. The normalized spacial score (nSPS) is 15.7. The molecule has 112 valence electrons. The summed E-state index contributed by atoms with van der Waals surface area (Å²) < 4.78 is -0.997. The maximum atomic E-state index is 11.3. The molecule has 0 aromatic carbocycles. The molecule has 2 unspecified atom stereocenters. The molecule has 0 spiro atoms. The van der Waals surface area contributed by atoms with Gasteiger partial charge in [-0.1, -0.05) is 45.4 Å². The van der Waals surface area contributed by atoms with Gasteiger partial charge >= 0.3 is 11.9 Å². The van der Waals surface area contributed by atoms with Gasteiger partial charge in [-0.3, -0.25) is 9.59 Å². The second-order valence-electron chi connectivity index (χ2n) is 5.15. The van der Waals surface area contributed by atoms with Crippen LogP contribution in [-0.4, -0.2) is 32.1 Å². The number of aliphatic carboxylic acids is 2. The van der Waals surface area contributed by atoms with Crippen LogP contribution in [0.5, 0.6) is 0 Å². The van der Waals surface area contributed by atoms with Crippen LogP contribution in [-0.2, 0) is 9.59 Å². The molecule has 0 aromatic rings. The lowest BCUT2D eigenvalue weighted by Crippen LogP contribution is -2.35. The van der Waals surface area contributed by atoms with Crippen molar-refractivity contribution in [1.29, 1.82) is 0 Å². The highest BCUT2D eigenvalue weighted by molar-refractivity contribution is 8.02. The molecule has 4 nitrogen and oxygen atoms in total. The third-order valence-electron chi connectivity index (χ3n) is 3.24. The largest absolute Gasteiger partial charge is 0.480 e. The fourth-order valence-electron chi connectivity index (χ4n) is 1.90. The Kier molecular flexibility index (Phi) is 8.89. The molecule has 0 aliphatic rings. The molecule has 0 bridgehead atoms. The summed E-state index contributed by atoms with van der Waals surface area (Å²) in [5.41, 5.74) is 0. The molecular weight excluding hydrogens is 264 g/mol. The van der Waals surface area contributed by atoms with E-state index < -0.39 is 21.9 Å². The zero-order valence-electron chi connectivity index (χ0n) is 12.1. The molecule has 0 heterocycles. The minimum Gasteiger partial charge on any atom is -0.480 e. The molecule has 0 aliphatic carbocycles. The van der Waals surface area contributed by atoms with Crippen molar-refractivity contribution in [3.63, 3.8) is 0 Å². The fraction of sp³-hybridized carbons (Fsp3) is 0.857. The van der Waals surface area contributed by atoms with Crippen LogP contribution in [0.4, 0.5) is 0 Å². The predicted octanol–water partition coefficient (Wildman–Crippen LogP) is 3.79. The number of hydrogen-bond donors (Lipinski definition) is 2. The molecule has 19 heavy (non-hydrogen) atoms. The third-order valence-corrected chi connectivity index (χ3v) is 4.70. The Balaban J connectivity index is 4.17. The fourth-order valence-corrected chi connectivity index (χ4v) is 3.14. The predicted molar refractivity (Wildman–Crippen MR) is 78.7 cm³/mol.